The van der Waals surface area contributed by atoms with Crippen molar-refractivity contribution in [3.05, 3.63) is 42.0 Å². The fraction of sp³-hybridized carbons (Fsp3) is 0.385. The average Bonchev–Trinajstić information content (AvgIpc) is 2.80. The van der Waals surface area contributed by atoms with Crippen molar-refractivity contribution in [3.63, 3.8) is 0 Å². The largest absolute Gasteiger partial charge is 0.573 e. The summed E-state index contributed by atoms with van der Waals surface area (Å²) in [5.74, 6) is 0.547. The zero-order valence-electron chi connectivity index (χ0n) is 11.6. The summed E-state index contributed by atoms with van der Waals surface area (Å²) in [6, 6.07) is 5.74. The van der Waals surface area contributed by atoms with Crippen molar-refractivity contribution >= 4 is 0 Å². The Balaban J connectivity index is 1.93. The van der Waals surface area contributed by atoms with E-state index in [0.29, 0.717) is 6.54 Å². The maximum absolute atomic E-state index is 12.1. The molecule has 0 saturated carbocycles. The van der Waals surface area contributed by atoms with Crippen LogP contribution in [0.15, 0.2) is 30.6 Å². The Morgan fingerprint density at radius 3 is 2.48 bits per heavy atom. The number of nitrogens with one attached hydrogen (secondary N) is 1. The Morgan fingerprint density at radius 1 is 1.29 bits per heavy atom. The third-order valence-corrected chi connectivity index (χ3v) is 2.99. The summed E-state index contributed by atoms with van der Waals surface area (Å²) in [4.78, 5) is 0. The van der Waals surface area contributed by atoms with Gasteiger partial charge in [-0.05, 0) is 24.6 Å². The molecule has 1 aromatic heterocycles. The van der Waals surface area contributed by atoms with Gasteiger partial charge in [0.25, 0.3) is 0 Å². The Hall–Kier alpha value is -2.09. The van der Waals surface area contributed by atoms with Gasteiger partial charge in [0.2, 0.25) is 0 Å². The Kier molecular flexibility index (Phi) is 4.46. The summed E-state index contributed by atoms with van der Waals surface area (Å²) in [6.45, 7) is 2.43. The molecule has 5 nitrogen and oxygen atoms in total. The number of ether oxygens (including phenoxy) is 1. The molecule has 114 valence electrons. The van der Waals surface area contributed by atoms with E-state index < -0.39 is 6.36 Å². The molecule has 1 unspecified atom stereocenters. The normalized spacial score (nSPS) is 13.2. The van der Waals surface area contributed by atoms with Crippen LogP contribution in [0.2, 0.25) is 0 Å². The molecule has 0 amide bonds. The second-order valence-electron chi connectivity index (χ2n) is 4.58. The Labute approximate surface area is 119 Å². The van der Waals surface area contributed by atoms with Gasteiger partial charge < -0.3 is 14.6 Å². The highest BCUT2D eigenvalue weighted by Gasteiger charge is 2.30. The number of nitrogens with zero attached hydrogens (tertiary/aromatic N) is 3. The number of rotatable bonds is 5. The molecule has 1 aromatic carbocycles. The number of aryl methyl sites for hydroxylation is 1. The predicted octanol–water partition coefficient (Wildman–Crippen LogP) is 2.56. The van der Waals surface area contributed by atoms with E-state index in [1.807, 2.05) is 14.0 Å². The topological polar surface area (TPSA) is 52.0 Å². The van der Waals surface area contributed by atoms with Crippen LogP contribution in [-0.4, -0.2) is 21.1 Å². The van der Waals surface area contributed by atoms with Crippen molar-refractivity contribution in [1.82, 2.24) is 20.1 Å². The molecule has 0 spiro atoms. The lowest BCUT2D eigenvalue weighted by molar-refractivity contribution is -0.274. The number of halogens is 3. The molecule has 0 aliphatic carbocycles. The zero-order chi connectivity index (χ0) is 15.5. The molecule has 2 aromatic rings. The fourth-order valence-electron chi connectivity index (χ4n) is 1.79. The standard InChI is InChI=1S/C13H15F3N4O/c1-9(17-7-12-19-18-8-20(12)2)10-3-5-11(6-4-10)21-13(14,15)16/h3-6,8-9,17H,7H2,1-2H3. The zero-order valence-corrected chi connectivity index (χ0v) is 11.6. The van der Waals surface area contributed by atoms with Gasteiger partial charge in [-0.25, -0.2) is 0 Å². The molecule has 1 heterocycles. The van der Waals surface area contributed by atoms with Gasteiger partial charge in [-0.3, -0.25) is 0 Å². The van der Waals surface area contributed by atoms with Crippen LogP contribution in [0, 0.1) is 0 Å². The second-order valence-corrected chi connectivity index (χ2v) is 4.58. The van der Waals surface area contributed by atoms with Gasteiger partial charge in [-0.1, -0.05) is 12.1 Å². The van der Waals surface area contributed by atoms with Gasteiger partial charge in [-0.2, -0.15) is 0 Å². The maximum atomic E-state index is 12.1. The number of aromatic nitrogens is 3. The van der Waals surface area contributed by atoms with Crippen molar-refractivity contribution in [2.24, 2.45) is 7.05 Å². The maximum Gasteiger partial charge on any atom is 0.573 e. The monoisotopic (exact) mass is 300 g/mol. The first-order valence-electron chi connectivity index (χ1n) is 6.27. The molecular weight excluding hydrogens is 285 g/mol. The molecule has 21 heavy (non-hydrogen) atoms. The van der Waals surface area contributed by atoms with E-state index in [4.69, 9.17) is 0 Å². The minimum absolute atomic E-state index is 0.0402. The highest BCUT2D eigenvalue weighted by Crippen LogP contribution is 2.24. The quantitative estimate of drug-likeness (QED) is 0.922. The van der Waals surface area contributed by atoms with Gasteiger partial charge in [0, 0.05) is 13.1 Å². The Morgan fingerprint density at radius 2 is 1.95 bits per heavy atom. The minimum atomic E-state index is -4.67. The smallest absolute Gasteiger partial charge is 0.406 e. The van der Waals surface area contributed by atoms with Crippen molar-refractivity contribution in [2.75, 3.05) is 0 Å². The summed E-state index contributed by atoms with van der Waals surface area (Å²) in [5, 5.41) is 10.9. The molecule has 0 aliphatic rings. The SMILES string of the molecule is CC(NCc1nncn1C)c1ccc(OC(F)(F)F)cc1. The molecule has 1 atom stereocenters. The second kappa shape index (κ2) is 6.13. The van der Waals surface area contributed by atoms with Gasteiger partial charge in [0.1, 0.15) is 17.9 Å². The van der Waals surface area contributed by atoms with E-state index in [-0.39, 0.29) is 11.8 Å². The lowest BCUT2D eigenvalue weighted by atomic mass is 10.1. The van der Waals surface area contributed by atoms with Crippen LogP contribution in [0.3, 0.4) is 0 Å². The van der Waals surface area contributed by atoms with Crippen LogP contribution in [-0.2, 0) is 13.6 Å². The number of benzene rings is 1. The molecule has 0 radical (unpaired) electrons. The van der Waals surface area contributed by atoms with Crippen LogP contribution >= 0.6 is 0 Å². The van der Waals surface area contributed by atoms with Gasteiger partial charge in [-0.15, -0.1) is 23.4 Å². The molecule has 0 bridgehead atoms. The predicted molar refractivity (Wildman–Crippen MR) is 69.4 cm³/mol. The molecule has 0 aliphatic heterocycles. The first-order valence-corrected chi connectivity index (χ1v) is 6.27. The van der Waals surface area contributed by atoms with Crippen molar-refractivity contribution < 1.29 is 17.9 Å². The first-order chi connectivity index (χ1) is 9.85. The molecule has 0 saturated heterocycles. The van der Waals surface area contributed by atoms with E-state index in [2.05, 4.69) is 20.3 Å². The van der Waals surface area contributed by atoms with E-state index in [1.54, 1.807) is 23.0 Å². The minimum Gasteiger partial charge on any atom is -0.406 e. The van der Waals surface area contributed by atoms with Gasteiger partial charge >= 0.3 is 6.36 Å². The van der Waals surface area contributed by atoms with Gasteiger partial charge in [0.05, 0.1) is 6.54 Å². The van der Waals surface area contributed by atoms with E-state index in [9.17, 15) is 13.2 Å². The number of hydrogen-bond donors (Lipinski definition) is 1. The lowest BCUT2D eigenvalue weighted by Crippen LogP contribution is -2.20. The third-order valence-electron chi connectivity index (χ3n) is 2.99. The van der Waals surface area contributed by atoms with Crippen LogP contribution < -0.4 is 10.1 Å². The molecule has 2 rings (SSSR count). The number of alkyl halides is 3. The van der Waals surface area contributed by atoms with E-state index in [0.717, 1.165) is 11.4 Å². The molecule has 0 fully saturated rings. The first kappa shape index (κ1) is 15.3. The van der Waals surface area contributed by atoms with Crippen LogP contribution in [0.5, 0.6) is 5.75 Å². The van der Waals surface area contributed by atoms with Crippen LogP contribution in [0.25, 0.3) is 0 Å². The van der Waals surface area contributed by atoms with Crippen molar-refractivity contribution in [2.45, 2.75) is 25.9 Å². The summed E-state index contributed by atoms with van der Waals surface area (Å²) < 4.78 is 41.8. The molecule has 8 heteroatoms. The summed E-state index contributed by atoms with van der Waals surface area (Å²) in [5.41, 5.74) is 0.853. The van der Waals surface area contributed by atoms with Crippen molar-refractivity contribution in [1.29, 1.82) is 0 Å². The third kappa shape index (κ3) is 4.45. The molecular formula is C13H15F3N4O. The van der Waals surface area contributed by atoms with Crippen LogP contribution in [0.1, 0.15) is 24.4 Å². The highest BCUT2D eigenvalue weighted by atomic mass is 19.4. The summed E-state index contributed by atoms with van der Waals surface area (Å²) >= 11 is 0. The summed E-state index contributed by atoms with van der Waals surface area (Å²) in [7, 11) is 1.84. The summed E-state index contributed by atoms with van der Waals surface area (Å²) in [6.07, 6.45) is -3.07. The average molecular weight is 300 g/mol. The van der Waals surface area contributed by atoms with Crippen LogP contribution in [0.4, 0.5) is 13.2 Å². The number of hydrogen-bond acceptors (Lipinski definition) is 4. The fourth-order valence-corrected chi connectivity index (χ4v) is 1.79. The van der Waals surface area contributed by atoms with Crippen molar-refractivity contribution in [3.8, 4) is 5.75 Å². The van der Waals surface area contributed by atoms with E-state index >= 15 is 0 Å². The highest BCUT2D eigenvalue weighted by molar-refractivity contribution is 5.29. The molecule has 1 N–H and O–H groups in total. The Bertz CT molecular complexity index is 580. The van der Waals surface area contributed by atoms with Gasteiger partial charge in [0.15, 0.2) is 0 Å². The lowest BCUT2D eigenvalue weighted by Gasteiger charge is -2.15. The van der Waals surface area contributed by atoms with E-state index in [1.165, 1.54) is 12.1 Å².